The van der Waals surface area contributed by atoms with Crippen molar-refractivity contribution in [2.24, 2.45) is 0 Å². The third-order valence-electron chi connectivity index (χ3n) is 5.44. The molecule has 5 nitrogen and oxygen atoms in total. The number of alkyl halides is 3. The van der Waals surface area contributed by atoms with E-state index < -0.39 is 11.7 Å². The fraction of sp³-hybridized carbons (Fsp3) is 0.364. The van der Waals surface area contributed by atoms with Crippen molar-refractivity contribution in [3.63, 3.8) is 0 Å². The molecule has 0 unspecified atom stereocenters. The number of hydrogen-bond acceptors (Lipinski definition) is 3. The van der Waals surface area contributed by atoms with Crippen molar-refractivity contribution in [1.82, 2.24) is 14.5 Å². The first-order valence-corrected chi connectivity index (χ1v) is 9.91. The van der Waals surface area contributed by atoms with Gasteiger partial charge in [-0.1, -0.05) is 18.2 Å². The van der Waals surface area contributed by atoms with Gasteiger partial charge in [-0.2, -0.15) is 13.2 Å². The van der Waals surface area contributed by atoms with Crippen LogP contribution in [0.5, 0.6) is 5.75 Å². The van der Waals surface area contributed by atoms with E-state index in [0.717, 1.165) is 30.7 Å². The van der Waals surface area contributed by atoms with Gasteiger partial charge in [-0.3, -0.25) is 4.79 Å². The van der Waals surface area contributed by atoms with Crippen LogP contribution in [0.15, 0.2) is 54.9 Å². The summed E-state index contributed by atoms with van der Waals surface area (Å²) in [5.41, 5.74) is 0.323. The molecular formula is C22H22F3N3O2. The SMILES string of the molecule is O=C(CCOc1ccccc1)N1CCC(n2cnc3cc(C(F)(F)F)ccc32)CC1. The largest absolute Gasteiger partial charge is 0.493 e. The molecule has 1 saturated heterocycles. The molecular weight excluding hydrogens is 395 g/mol. The van der Waals surface area contributed by atoms with Crippen molar-refractivity contribution in [3.05, 3.63) is 60.4 Å². The third kappa shape index (κ3) is 4.42. The highest BCUT2D eigenvalue weighted by molar-refractivity contribution is 5.77. The summed E-state index contributed by atoms with van der Waals surface area (Å²) < 4.78 is 46.2. The van der Waals surface area contributed by atoms with Gasteiger partial charge in [0.05, 0.1) is 36.0 Å². The molecule has 0 spiro atoms. The quantitative estimate of drug-likeness (QED) is 0.605. The van der Waals surface area contributed by atoms with Gasteiger partial charge >= 0.3 is 6.18 Å². The zero-order chi connectivity index (χ0) is 21.1. The Bertz CT molecular complexity index is 1010. The van der Waals surface area contributed by atoms with E-state index in [1.807, 2.05) is 39.8 Å². The normalized spacial score (nSPS) is 15.5. The van der Waals surface area contributed by atoms with Gasteiger partial charge in [-0.25, -0.2) is 4.98 Å². The Morgan fingerprint density at radius 1 is 1.10 bits per heavy atom. The Morgan fingerprint density at radius 2 is 1.83 bits per heavy atom. The number of ether oxygens (including phenoxy) is 1. The number of aromatic nitrogens is 2. The number of hydrogen-bond donors (Lipinski definition) is 0. The van der Waals surface area contributed by atoms with Crippen LogP contribution in [0.3, 0.4) is 0 Å². The number of amides is 1. The van der Waals surface area contributed by atoms with E-state index in [2.05, 4.69) is 4.98 Å². The zero-order valence-corrected chi connectivity index (χ0v) is 16.3. The lowest BCUT2D eigenvalue weighted by Gasteiger charge is -2.33. The minimum absolute atomic E-state index is 0.0506. The Hall–Kier alpha value is -3.03. The average molecular weight is 417 g/mol. The number of carbonyl (C=O) groups excluding carboxylic acids is 1. The molecule has 0 N–H and O–H groups in total. The fourth-order valence-electron chi connectivity index (χ4n) is 3.82. The zero-order valence-electron chi connectivity index (χ0n) is 16.3. The van der Waals surface area contributed by atoms with Crippen LogP contribution < -0.4 is 4.74 Å². The molecule has 0 atom stereocenters. The second-order valence-corrected chi connectivity index (χ2v) is 7.38. The van der Waals surface area contributed by atoms with E-state index in [4.69, 9.17) is 4.74 Å². The molecule has 4 rings (SSSR count). The van der Waals surface area contributed by atoms with Crippen molar-refractivity contribution >= 4 is 16.9 Å². The van der Waals surface area contributed by atoms with Crippen LogP contribution in [0.25, 0.3) is 11.0 Å². The molecule has 1 aromatic heterocycles. The summed E-state index contributed by atoms with van der Waals surface area (Å²) in [7, 11) is 0. The highest BCUT2D eigenvalue weighted by Crippen LogP contribution is 2.33. The number of benzene rings is 2. The lowest BCUT2D eigenvalue weighted by molar-refractivity contribution is -0.137. The number of imidazole rings is 1. The molecule has 1 aliphatic rings. The van der Waals surface area contributed by atoms with Crippen LogP contribution in [0.2, 0.25) is 0 Å². The van der Waals surface area contributed by atoms with Gasteiger partial charge in [0.2, 0.25) is 5.91 Å². The Kier molecular flexibility index (Phi) is 5.65. The van der Waals surface area contributed by atoms with E-state index in [1.54, 1.807) is 6.33 Å². The molecule has 2 heterocycles. The summed E-state index contributed by atoms with van der Waals surface area (Å²) >= 11 is 0. The van der Waals surface area contributed by atoms with E-state index in [9.17, 15) is 18.0 Å². The fourth-order valence-corrected chi connectivity index (χ4v) is 3.82. The summed E-state index contributed by atoms with van der Waals surface area (Å²) in [5, 5.41) is 0. The lowest BCUT2D eigenvalue weighted by Crippen LogP contribution is -2.39. The third-order valence-corrected chi connectivity index (χ3v) is 5.44. The summed E-state index contributed by atoms with van der Waals surface area (Å²) in [6.07, 6.45) is -1.00. The molecule has 2 aromatic carbocycles. The average Bonchev–Trinajstić information content (AvgIpc) is 3.17. The van der Waals surface area contributed by atoms with Crippen LogP contribution in [-0.4, -0.2) is 40.1 Å². The molecule has 3 aromatic rings. The van der Waals surface area contributed by atoms with Gasteiger partial charge in [0, 0.05) is 19.1 Å². The van der Waals surface area contributed by atoms with Crippen molar-refractivity contribution in [2.45, 2.75) is 31.5 Å². The van der Waals surface area contributed by atoms with E-state index in [0.29, 0.717) is 37.2 Å². The van der Waals surface area contributed by atoms with Gasteiger partial charge in [0.1, 0.15) is 5.75 Å². The van der Waals surface area contributed by atoms with Crippen LogP contribution in [0.4, 0.5) is 13.2 Å². The summed E-state index contributed by atoms with van der Waals surface area (Å²) in [5.74, 6) is 0.791. The van der Waals surface area contributed by atoms with Gasteiger partial charge in [-0.15, -0.1) is 0 Å². The second-order valence-electron chi connectivity index (χ2n) is 7.38. The van der Waals surface area contributed by atoms with Crippen molar-refractivity contribution in [2.75, 3.05) is 19.7 Å². The highest BCUT2D eigenvalue weighted by Gasteiger charge is 2.31. The second kappa shape index (κ2) is 8.38. The molecule has 158 valence electrons. The summed E-state index contributed by atoms with van der Waals surface area (Å²) in [6.45, 7) is 1.54. The molecule has 0 aliphatic carbocycles. The maximum atomic E-state index is 12.9. The summed E-state index contributed by atoms with van der Waals surface area (Å²) in [6, 6.07) is 13.1. The maximum absolute atomic E-state index is 12.9. The number of nitrogens with zero attached hydrogens (tertiary/aromatic N) is 3. The standard InChI is InChI=1S/C22H22F3N3O2/c23-22(24,25)16-6-7-20-19(14-16)26-15-28(20)17-8-11-27(12-9-17)21(29)10-13-30-18-4-2-1-3-5-18/h1-7,14-15,17H,8-13H2. The number of carbonyl (C=O) groups is 1. The monoisotopic (exact) mass is 417 g/mol. The van der Waals surface area contributed by atoms with Gasteiger partial charge < -0.3 is 14.2 Å². The molecule has 0 saturated carbocycles. The number of piperidine rings is 1. The number of likely N-dealkylation sites (tertiary alicyclic amines) is 1. The number of halogens is 3. The van der Waals surface area contributed by atoms with Gasteiger partial charge in [0.15, 0.2) is 0 Å². The first-order chi connectivity index (χ1) is 14.4. The Morgan fingerprint density at radius 3 is 2.53 bits per heavy atom. The summed E-state index contributed by atoms with van der Waals surface area (Å²) in [4.78, 5) is 18.4. The molecule has 30 heavy (non-hydrogen) atoms. The van der Waals surface area contributed by atoms with Crippen LogP contribution in [0.1, 0.15) is 30.9 Å². The molecule has 1 fully saturated rings. The molecule has 1 amide bonds. The number of rotatable bonds is 5. The predicted molar refractivity (Wildman–Crippen MR) is 106 cm³/mol. The van der Waals surface area contributed by atoms with Crippen molar-refractivity contribution in [1.29, 1.82) is 0 Å². The van der Waals surface area contributed by atoms with E-state index in [-0.39, 0.29) is 11.9 Å². The van der Waals surface area contributed by atoms with E-state index in [1.165, 1.54) is 6.07 Å². The van der Waals surface area contributed by atoms with Crippen LogP contribution >= 0.6 is 0 Å². The van der Waals surface area contributed by atoms with Crippen LogP contribution in [-0.2, 0) is 11.0 Å². The first-order valence-electron chi connectivity index (χ1n) is 9.91. The minimum atomic E-state index is -4.38. The molecule has 8 heteroatoms. The highest BCUT2D eigenvalue weighted by atomic mass is 19.4. The lowest BCUT2D eigenvalue weighted by atomic mass is 10.0. The Balaban J connectivity index is 1.32. The predicted octanol–water partition coefficient (Wildman–Crippen LogP) is 4.69. The maximum Gasteiger partial charge on any atom is 0.416 e. The van der Waals surface area contributed by atoms with Crippen molar-refractivity contribution in [3.8, 4) is 5.75 Å². The molecule has 0 radical (unpaired) electrons. The van der Waals surface area contributed by atoms with Crippen LogP contribution in [0, 0.1) is 0 Å². The number of para-hydroxylation sites is 1. The van der Waals surface area contributed by atoms with Gasteiger partial charge in [0.25, 0.3) is 0 Å². The number of fused-ring (bicyclic) bond motifs is 1. The smallest absolute Gasteiger partial charge is 0.416 e. The van der Waals surface area contributed by atoms with Crippen molar-refractivity contribution < 1.29 is 22.7 Å². The first kappa shape index (κ1) is 20.3. The topological polar surface area (TPSA) is 47.4 Å². The molecule has 1 aliphatic heterocycles. The minimum Gasteiger partial charge on any atom is -0.493 e. The van der Waals surface area contributed by atoms with Gasteiger partial charge in [-0.05, 0) is 43.2 Å². The molecule has 0 bridgehead atoms. The Labute approximate surface area is 172 Å². The van der Waals surface area contributed by atoms with E-state index >= 15 is 0 Å².